The molecule has 1 atom stereocenters. The van der Waals surface area contributed by atoms with E-state index in [0.717, 1.165) is 5.56 Å². The molecule has 1 aromatic carbocycles. The fourth-order valence-electron chi connectivity index (χ4n) is 1.67. The van der Waals surface area contributed by atoms with E-state index in [4.69, 9.17) is 10.4 Å². The van der Waals surface area contributed by atoms with Crippen LogP contribution in [0.25, 0.3) is 0 Å². The van der Waals surface area contributed by atoms with Crippen LogP contribution in [0.2, 0.25) is 0 Å². The average molecular weight is 306 g/mol. The third-order valence-electron chi connectivity index (χ3n) is 2.83. The number of nitrogens with one attached hydrogen (secondary N) is 1. The first kappa shape index (κ1) is 17.1. The fourth-order valence-corrected chi connectivity index (χ4v) is 2.46. The van der Waals surface area contributed by atoms with Gasteiger partial charge in [-0.2, -0.15) is 5.26 Å². The van der Waals surface area contributed by atoms with Gasteiger partial charge < -0.3 is 10.4 Å². The van der Waals surface area contributed by atoms with Crippen LogP contribution in [0.15, 0.2) is 24.3 Å². The Bertz CT molecular complexity index is 535. The molecular formula is C15H18N2O3S. The van der Waals surface area contributed by atoms with Gasteiger partial charge in [0.15, 0.2) is 0 Å². The molecule has 0 fully saturated rings. The number of thioether (sulfide) groups is 1. The molecule has 1 unspecified atom stereocenters. The van der Waals surface area contributed by atoms with Crippen LogP contribution in [0.5, 0.6) is 0 Å². The van der Waals surface area contributed by atoms with Gasteiger partial charge in [-0.1, -0.05) is 26.0 Å². The summed E-state index contributed by atoms with van der Waals surface area (Å²) in [7, 11) is 0. The van der Waals surface area contributed by atoms with Crippen molar-refractivity contribution in [3.63, 3.8) is 0 Å². The van der Waals surface area contributed by atoms with Crippen molar-refractivity contribution in [2.24, 2.45) is 5.92 Å². The summed E-state index contributed by atoms with van der Waals surface area (Å²) in [6.07, 6.45) is 0. The van der Waals surface area contributed by atoms with E-state index < -0.39 is 12.0 Å². The molecule has 5 nitrogen and oxygen atoms in total. The molecular weight excluding hydrogens is 288 g/mol. The van der Waals surface area contributed by atoms with Crippen molar-refractivity contribution in [3.8, 4) is 6.07 Å². The molecule has 0 aliphatic heterocycles. The zero-order valence-corrected chi connectivity index (χ0v) is 12.8. The van der Waals surface area contributed by atoms with Crippen LogP contribution < -0.4 is 5.32 Å². The molecule has 1 amide bonds. The number of carboxylic acid groups (broad SMARTS) is 1. The number of nitriles is 1. The molecule has 0 bridgehead atoms. The SMILES string of the molecule is CC(C)C(NC(=O)CSCc1ccc(C#N)cc1)C(=O)O. The smallest absolute Gasteiger partial charge is 0.326 e. The zero-order valence-electron chi connectivity index (χ0n) is 12.0. The van der Waals surface area contributed by atoms with Crippen LogP contribution in [0.3, 0.4) is 0 Å². The Hall–Kier alpha value is -2.00. The summed E-state index contributed by atoms with van der Waals surface area (Å²) in [5.41, 5.74) is 1.62. The molecule has 112 valence electrons. The molecule has 0 aliphatic rings. The molecule has 0 aliphatic carbocycles. The minimum Gasteiger partial charge on any atom is -0.480 e. The third kappa shape index (κ3) is 5.88. The van der Waals surface area contributed by atoms with Gasteiger partial charge in [-0.05, 0) is 23.6 Å². The Labute approximate surface area is 128 Å². The number of carbonyl (C=O) groups is 2. The van der Waals surface area contributed by atoms with Gasteiger partial charge in [0.1, 0.15) is 6.04 Å². The monoisotopic (exact) mass is 306 g/mol. The summed E-state index contributed by atoms with van der Waals surface area (Å²) in [4.78, 5) is 22.7. The highest BCUT2D eigenvalue weighted by Gasteiger charge is 2.22. The van der Waals surface area contributed by atoms with Crippen molar-refractivity contribution < 1.29 is 14.7 Å². The number of carboxylic acids is 1. The number of carbonyl (C=O) groups excluding carboxylic acids is 1. The van der Waals surface area contributed by atoms with Crippen molar-refractivity contribution in [2.45, 2.75) is 25.6 Å². The minimum absolute atomic E-state index is 0.157. The van der Waals surface area contributed by atoms with E-state index in [0.29, 0.717) is 11.3 Å². The van der Waals surface area contributed by atoms with E-state index in [-0.39, 0.29) is 17.6 Å². The fraction of sp³-hybridized carbons (Fsp3) is 0.400. The lowest BCUT2D eigenvalue weighted by Gasteiger charge is -2.17. The van der Waals surface area contributed by atoms with E-state index in [1.165, 1.54) is 11.8 Å². The van der Waals surface area contributed by atoms with E-state index >= 15 is 0 Å². The first-order valence-electron chi connectivity index (χ1n) is 6.53. The van der Waals surface area contributed by atoms with Gasteiger partial charge in [-0.15, -0.1) is 11.8 Å². The topological polar surface area (TPSA) is 90.2 Å². The number of amides is 1. The van der Waals surface area contributed by atoms with Gasteiger partial charge in [0.2, 0.25) is 5.91 Å². The number of rotatable bonds is 7. The Balaban J connectivity index is 2.39. The highest BCUT2D eigenvalue weighted by molar-refractivity contribution is 7.99. The molecule has 0 aromatic heterocycles. The van der Waals surface area contributed by atoms with Gasteiger partial charge in [0.05, 0.1) is 17.4 Å². The van der Waals surface area contributed by atoms with Gasteiger partial charge >= 0.3 is 5.97 Å². The zero-order chi connectivity index (χ0) is 15.8. The van der Waals surface area contributed by atoms with Crippen LogP contribution in [0, 0.1) is 17.2 Å². The van der Waals surface area contributed by atoms with Gasteiger partial charge in [0.25, 0.3) is 0 Å². The molecule has 0 spiro atoms. The standard InChI is InChI=1S/C15H18N2O3S/c1-10(2)14(15(19)20)17-13(18)9-21-8-12-5-3-11(7-16)4-6-12/h3-6,10,14H,8-9H2,1-2H3,(H,17,18)(H,19,20). The van der Waals surface area contributed by atoms with Gasteiger partial charge in [-0.25, -0.2) is 4.79 Å². The summed E-state index contributed by atoms with van der Waals surface area (Å²) in [5, 5.41) is 20.2. The Morgan fingerprint density at radius 1 is 1.33 bits per heavy atom. The maximum absolute atomic E-state index is 11.7. The molecule has 0 radical (unpaired) electrons. The molecule has 6 heteroatoms. The predicted octanol–water partition coefficient (Wildman–Crippen LogP) is 2.02. The summed E-state index contributed by atoms with van der Waals surface area (Å²) in [6.45, 7) is 3.51. The number of aliphatic carboxylic acids is 1. The lowest BCUT2D eigenvalue weighted by molar-refractivity contribution is -0.142. The number of hydrogen-bond donors (Lipinski definition) is 2. The minimum atomic E-state index is -1.02. The largest absolute Gasteiger partial charge is 0.480 e. The number of hydrogen-bond acceptors (Lipinski definition) is 4. The number of nitrogens with zero attached hydrogens (tertiary/aromatic N) is 1. The lowest BCUT2D eigenvalue weighted by Crippen LogP contribution is -2.45. The van der Waals surface area contributed by atoms with E-state index in [9.17, 15) is 9.59 Å². The quantitative estimate of drug-likeness (QED) is 0.804. The van der Waals surface area contributed by atoms with Crippen LogP contribution in [-0.4, -0.2) is 28.8 Å². The molecule has 0 saturated carbocycles. The Morgan fingerprint density at radius 3 is 2.43 bits per heavy atom. The molecule has 1 rings (SSSR count). The Kier molecular flexibility index (Phi) is 6.76. The van der Waals surface area contributed by atoms with Crippen molar-refractivity contribution in [1.82, 2.24) is 5.32 Å². The second-order valence-corrected chi connectivity index (χ2v) is 5.91. The first-order chi connectivity index (χ1) is 9.93. The van der Waals surface area contributed by atoms with Crippen LogP contribution in [-0.2, 0) is 15.3 Å². The molecule has 0 saturated heterocycles. The maximum Gasteiger partial charge on any atom is 0.326 e. The number of benzene rings is 1. The molecule has 21 heavy (non-hydrogen) atoms. The van der Waals surface area contributed by atoms with Crippen LogP contribution in [0.4, 0.5) is 0 Å². The Morgan fingerprint density at radius 2 is 1.95 bits per heavy atom. The summed E-state index contributed by atoms with van der Waals surface area (Å²) < 4.78 is 0. The summed E-state index contributed by atoms with van der Waals surface area (Å²) in [6, 6.07) is 8.34. The van der Waals surface area contributed by atoms with E-state index in [1.807, 2.05) is 18.2 Å². The van der Waals surface area contributed by atoms with Crippen molar-refractivity contribution in [3.05, 3.63) is 35.4 Å². The predicted molar refractivity (Wildman–Crippen MR) is 81.7 cm³/mol. The van der Waals surface area contributed by atoms with Gasteiger partial charge in [-0.3, -0.25) is 4.79 Å². The summed E-state index contributed by atoms with van der Waals surface area (Å²) in [5.74, 6) is -0.616. The average Bonchev–Trinajstić information content (AvgIpc) is 2.45. The second-order valence-electron chi connectivity index (χ2n) is 4.93. The first-order valence-corrected chi connectivity index (χ1v) is 7.68. The normalized spacial score (nSPS) is 11.7. The van der Waals surface area contributed by atoms with Crippen LogP contribution in [0.1, 0.15) is 25.0 Å². The van der Waals surface area contributed by atoms with Crippen LogP contribution >= 0.6 is 11.8 Å². The second kappa shape index (κ2) is 8.32. The maximum atomic E-state index is 11.7. The molecule has 1 aromatic rings. The van der Waals surface area contributed by atoms with Crippen molar-refractivity contribution in [2.75, 3.05) is 5.75 Å². The van der Waals surface area contributed by atoms with E-state index in [1.54, 1.807) is 26.0 Å². The summed E-state index contributed by atoms with van der Waals surface area (Å²) >= 11 is 1.41. The van der Waals surface area contributed by atoms with Crippen molar-refractivity contribution >= 4 is 23.6 Å². The molecule has 2 N–H and O–H groups in total. The molecule has 0 heterocycles. The third-order valence-corrected chi connectivity index (χ3v) is 3.84. The lowest BCUT2D eigenvalue weighted by atomic mass is 10.1. The van der Waals surface area contributed by atoms with E-state index in [2.05, 4.69) is 5.32 Å². The highest BCUT2D eigenvalue weighted by Crippen LogP contribution is 2.13. The van der Waals surface area contributed by atoms with Crippen molar-refractivity contribution in [1.29, 1.82) is 5.26 Å². The highest BCUT2D eigenvalue weighted by atomic mass is 32.2. The van der Waals surface area contributed by atoms with Gasteiger partial charge in [0, 0.05) is 5.75 Å².